The summed E-state index contributed by atoms with van der Waals surface area (Å²) in [6, 6.07) is 3.06. The van der Waals surface area contributed by atoms with Crippen LogP contribution in [0.15, 0.2) is 18.2 Å². The molecule has 0 radical (unpaired) electrons. The second-order valence-corrected chi connectivity index (χ2v) is 5.29. The van der Waals surface area contributed by atoms with Gasteiger partial charge < -0.3 is 16.0 Å². The van der Waals surface area contributed by atoms with Gasteiger partial charge in [0.05, 0.1) is 12.2 Å². The van der Waals surface area contributed by atoms with Crippen LogP contribution in [-0.2, 0) is 4.79 Å². The van der Waals surface area contributed by atoms with Gasteiger partial charge in [0, 0.05) is 38.3 Å². The van der Waals surface area contributed by atoms with Gasteiger partial charge in [0.25, 0.3) is 0 Å². The van der Waals surface area contributed by atoms with Crippen molar-refractivity contribution < 1.29 is 13.6 Å². The van der Waals surface area contributed by atoms with Crippen LogP contribution in [0.2, 0.25) is 0 Å². The maximum absolute atomic E-state index is 13.5. The third kappa shape index (κ3) is 4.20. The Labute approximate surface area is 122 Å². The number of nitrogens with one attached hydrogen (secondary N) is 1. The molecule has 1 heterocycles. The predicted octanol–water partition coefficient (Wildman–Crippen LogP) is 0.478. The number of hydrogen-bond donors (Lipinski definition) is 2. The highest BCUT2D eigenvalue weighted by Crippen LogP contribution is 2.15. The van der Waals surface area contributed by atoms with Gasteiger partial charge >= 0.3 is 0 Å². The highest BCUT2D eigenvalue weighted by Gasteiger charge is 2.25. The molecule has 0 spiro atoms. The molecule has 7 heteroatoms. The predicted molar refractivity (Wildman–Crippen MR) is 76.9 cm³/mol. The molecule has 1 aliphatic heterocycles. The first-order valence-corrected chi connectivity index (χ1v) is 6.87. The van der Waals surface area contributed by atoms with Crippen molar-refractivity contribution in [3.8, 4) is 0 Å². The van der Waals surface area contributed by atoms with Crippen LogP contribution in [0.1, 0.15) is 0 Å². The number of nitrogens with zero attached hydrogens (tertiary/aromatic N) is 2. The largest absolute Gasteiger partial charge is 0.329 e. The minimum Gasteiger partial charge on any atom is -0.329 e. The van der Waals surface area contributed by atoms with E-state index in [-0.39, 0.29) is 24.2 Å². The molecule has 1 aliphatic rings. The Morgan fingerprint density at radius 2 is 2.19 bits per heavy atom. The van der Waals surface area contributed by atoms with E-state index >= 15 is 0 Å². The standard InChI is InChI=1S/C14H20F2N4O/c1-19-4-5-20(11(7-17)8-19)9-14(21)18-13-6-10(15)2-3-12(13)16/h2-3,6,11H,4-5,7-9,17H2,1H3,(H,18,21). The summed E-state index contributed by atoms with van der Waals surface area (Å²) in [7, 11) is 2.00. The molecule has 5 nitrogen and oxygen atoms in total. The molecule has 116 valence electrons. The highest BCUT2D eigenvalue weighted by molar-refractivity contribution is 5.92. The summed E-state index contributed by atoms with van der Waals surface area (Å²) in [5.41, 5.74) is 5.58. The number of hydrogen-bond acceptors (Lipinski definition) is 4. The van der Waals surface area contributed by atoms with Gasteiger partial charge in [-0.05, 0) is 19.2 Å². The first-order valence-electron chi connectivity index (χ1n) is 6.87. The zero-order chi connectivity index (χ0) is 15.4. The summed E-state index contributed by atoms with van der Waals surface area (Å²) < 4.78 is 26.5. The Hall–Kier alpha value is -1.57. The smallest absolute Gasteiger partial charge is 0.238 e. The minimum absolute atomic E-state index is 0.0897. The van der Waals surface area contributed by atoms with E-state index in [0.29, 0.717) is 6.54 Å². The van der Waals surface area contributed by atoms with Crippen molar-refractivity contribution >= 4 is 11.6 Å². The van der Waals surface area contributed by atoms with Crippen molar-refractivity contribution in [2.24, 2.45) is 5.73 Å². The first kappa shape index (κ1) is 15.8. The summed E-state index contributed by atoms with van der Waals surface area (Å²) in [6.45, 7) is 2.92. The lowest BCUT2D eigenvalue weighted by Crippen LogP contribution is -2.56. The minimum atomic E-state index is -0.654. The van der Waals surface area contributed by atoms with E-state index in [9.17, 15) is 13.6 Å². The molecular weight excluding hydrogens is 278 g/mol. The van der Waals surface area contributed by atoms with Crippen LogP contribution in [0.5, 0.6) is 0 Å². The monoisotopic (exact) mass is 298 g/mol. The maximum Gasteiger partial charge on any atom is 0.238 e. The molecule has 0 aliphatic carbocycles. The topological polar surface area (TPSA) is 61.6 Å². The zero-order valence-electron chi connectivity index (χ0n) is 12.0. The number of rotatable bonds is 4. The molecular formula is C14H20F2N4O. The number of amides is 1. The molecule has 1 atom stereocenters. The van der Waals surface area contributed by atoms with E-state index < -0.39 is 11.6 Å². The number of piperazine rings is 1. The van der Waals surface area contributed by atoms with Crippen molar-refractivity contribution in [1.82, 2.24) is 9.80 Å². The quantitative estimate of drug-likeness (QED) is 0.849. The summed E-state index contributed by atoms with van der Waals surface area (Å²) in [4.78, 5) is 16.1. The van der Waals surface area contributed by atoms with Crippen LogP contribution in [0.25, 0.3) is 0 Å². The van der Waals surface area contributed by atoms with E-state index in [1.165, 1.54) is 0 Å². The summed E-state index contributed by atoms with van der Waals surface area (Å²) in [5.74, 6) is -1.62. The van der Waals surface area contributed by atoms with Crippen molar-refractivity contribution in [3.63, 3.8) is 0 Å². The van der Waals surface area contributed by atoms with Crippen LogP contribution in [0.3, 0.4) is 0 Å². The Morgan fingerprint density at radius 3 is 2.90 bits per heavy atom. The van der Waals surface area contributed by atoms with Gasteiger partial charge in [-0.3, -0.25) is 9.69 Å². The Balaban J connectivity index is 1.96. The van der Waals surface area contributed by atoms with Gasteiger partial charge in [-0.1, -0.05) is 0 Å². The number of halogens is 2. The van der Waals surface area contributed by atoms with E-state index in [4.69, 9.17) is 5.73 Å². The molecule has 1 amide bonds. The molecule has 1 aromatic carbocycles. The first-order chi connectivity index (χ1) is 9.99. The van der Waals surface area contributed by atoms with Crippen LogP contribution >= 0.6 is 0 Å². The van der Waals surface area contributed by atoms with Crippen molar-refractivity contribution in [2.45, 2.75) is 6.04 Å². The lowest BCUT2D eigenvalue weighted by Gasteiger charge is -2.39. The summed E-state index contributed by atoms with van der Waals surface area (Å²) in [6.07, 6.45) is 0. The molecule has 0 saturated carbocycles. The van der Waals surface area contributed by atoms with E-state index in [1.54, 1.807) is 0 Å². The van der Waals surface area contributed by atoms with Gasteiger partial charge in [-0.25, -0.2) is 8.78 Å². The number of benzene rings is 1. The van der Waals surface area contributed by atoms with Crippen molar-refractivity contribution in [2.75, 3.05) is 45.1 Å². The van der Waals surface area contributed by atoms with Gasteiger partial charge in [0.1, 0.15) is 11.6 Å². The lowest BCUT2D eigenvalue weighted by molar-refractivity contribution is -0.118. The fourth-order valence-corrected chi connectivity index (χ4v) is 2.45. The van der Waals surface area contributed by atoms with E-state index in [2.05, 4.69) is 10.2 Å². The maximum atomic E-state index is 13.5. The second-order valence-electron chi connectivity index (χ2n) is 5.29. The number of nitrogens with two attached hydrogens (primary N) is 1. The van der Waals surface area contributed by atoms with Gasteiger partial charge in [0.15, 0.2) is 0 Å². The Morgan fingerprint density at radius 1 is 1.43 bits per heavy atom. The van der Waals surface area contributed by atoms with Gasteiger partial charge in [-0.15, -0.1) is 0 Å². The Bertz CT molecular complexity index is 512. The average molecular weight is 298 g/mol. The van der Waals surface area contributed by atoms with E-state index in [0.717, 1.165) is 37.8 Å². The third-order valence-corrected chi connectivity index (χ3v) is 3.63. The Kier molecular flexibility index (Phi) is 5.22. The second kappa shape index (κ2) is 6.93. The van der Waals surface area contributed by atoms with Crippen LogP contribution < -0.4 is 11.1 Å². The molecule has 3 N–H and O–H groups in total. The summed E-state index contributed by atoms with van der Waals surface area (Å²) >= 11 is 0. The highest BCUT2D eigenvalue weighted by atomic mass is 19.1. The average Bonchev–Trinajstić information content (AvgIpc) is 2.44. The molecule has 1 saturated heterocycles. The van der Waals surface area contributed by atoms with E-state index in [1.807, 2.05) is 11.9 Å². The SMILES string of the molecule is CN1CCN(CC(=O)Nc2cc(F)ccc2F)C(CN)C1. The molecule has 1 unspecified atom stereocenters. The fourth-order valence-electron chi connectivity index (χ4n) is 2.45. The van der Waals surface area contributed by atoms with Crippen molar-refractivity contribution in [3.05, 3.63) is 29.8 Å². The normalized spacial score (nSPS) is 20.5. The number of carbonyl (C=O) groups is 1. The van der Waals surface area contributed by atoms with Gasteiger partial charge in [-0.2, -0.15) is 0 Å². The van der Waals surface area contributed by atoms with Crippen LogP contribution in [0.4, 0.5) is 14.5 Å². The van der Waals surface area contributed by atoms with Gasteiger partial charge in [0.2, 0.25) is 5.91 Å². The molecule has 0 bridgehead atoms. The van der Waals surface area contributed by atoms with Crippen LogP contribution in [-0.4, -0.2) is 61.5 Å². The molecule has 1 aromatic rings. The van der Waals surface area contributed by atoms with Crippen molar-refractivity contribution in [1.29, 1.82) is 0 Å². The number of likely N-dealkylation sites (N-methyl/N-ethyl adjacent to an activating group) is 1. The lowest BCUT2D eigenvalue weighted by atomic mass is 10.1. The summed E-state index contributed by atoms with van der Waals surface area (Å²) in [5, 5.41) is 2.40. The third-order valence-electron chi connectivity index (χ3n) is 3.63. The number of carbonyl (C=O) groups excluding carboxylic acids is 1. The van der Waals surface area contributed by atoms with Crippen LogP contribution in [0, 0.1) is 11.6 Å². The molecule has 0 aromatic heterocycles. The zero-order valence-corrected chi connectivity index (χ0v) is 12.0. The molecule has 1 fully saturated rings. The number of anilines is 1. The fraction of sp³-hybridized carbons (Fsp3) is 0.500. The molecule has 21 heavy (non-hydrogen) atoms. The molecule has 2 rings (SSSR count).